The number of aromatic nitrogens is 2. The second-order valence-corrected chi connectivity index (χ2v) is 5.04. The maximum absolute atomic E-state index is 11.1. The third-order valence-corrected chi connectivity index (χ3v) is 3.67. The number of hydrogen-bond acceptors (Lipinski definition) is 5. The molecule has 0 bridgehead atoms. The Balaban J connectivity index is 2.16. The molecular weight excluding hydrogens is 246 g/mol. The van der Waals surface area contributed by atoms with Gasteiger partial charge in [-0.1, -0.05) is 6.92 Å². The van der Waals surface area contributed by atoms with E-state index in [1.807, 2.05) is 0 Å². The van der Waals surface area contributed by atoms with Crippen LogP contribution in [0.4, 0.5) is 11.5 Å². The summed E-state index contributed by atoms with van der Waals surface area (Å²) in [7, 11) is 1.74. The van der Waals surface area contributed by atoms with Crippen LogP contribution >= 0.6 is 0 Å². The predicted octanol–water partition coefficient (Wildman–Crippen LogP) is 1.53. The number of nitrogens with one attached hydrogen (secondary N) is 1. The van der Waals surface area contributed by atoms with Crippen molar-refractivity contribution in [2.45, 2.75) is 32.7 Å². The van der Waals surface area contributed by atoms with Gasteiger partial charge < -0.3 is 10.2 Å². The number of hydrogen-bond donors (Lipinski definition) is 1. The minimum atomic E-state index is -0.356. The Bertz CT molecular complexity index is 471. The number of nitro groups is 1. The van der Waals surface area contributed by atoms with Crippen LogP contribution in [0.2, 0.25) is 0 Å². The van der Waals surface area contributed by atoms with Crippen LogP contribution in [0.3, 0.4) is 0 Å². The van der Waals surface area contributed by atoms with Gasteiger partial charge in [-0.2, -0.15) is 5.10 Å². The first kappa shape index (κ1) is 13.8. The van der Waals surface area contributed by atoms with Gasteiger partial charge >= 0.3 is 5.69 Å². The lowest BCUT2D eigenvalue weighted by Gasteiger charge is -2.32. The van der Waals surface area contributed by atoms with Crippen molar-refractivity contribution >= 4 is 11.5 Å². The molecule has 1 aromatic rings. The van der Waals surface area contributed by atoms with Crippen molar-refractivity contribution in [1.82, 2.24) is 14.7 Å². The fourth-order valence-corrected chi connectivity index (χ4v) is 2.68. The van der Waals surface area contributed by atoms with Crippen molar-refractivity contribution in [3.8, 4) is 0 Å². The zero-order chi connectivity index (χ0) is 14.0. The molecule has 1 aromatic heterocycles. The highest BCUT2D eigenvalue weighted by Gasteiger charge is 2.27. The van der Waals surface area contributed by atoms with Crippen molar-refractivity contribution in [1.29, 1.82) is 0 Å². The molecule has 1 saturated heterocycles. The van der Waals surface area contributed by atoms with Crippen LogP contribution in [-0.4, -0.2) is 45.3 Å². The maximum Gasteiger partial charge on any atom is 0.333 e. The van der Waals surface area contributed by atoms with Gasteiger partial charge in [-0.15, -0.1) is 0 Å². The minimum absolute atomic E-state index is 0.0936. The summed E-state index contributed by atoms with van der Waals surface area (Å²) in [6.45, 7) is 6.87. The second-order valence-electron chi connectivity index (χ2n) is 5.04. The molecule has 7 nitrogen and oxygen atoms in total. The van der Waals surface area contributed by atoms with E-state index in [-0.39, 0.29) is 16.7 Å². The number of likely N-dealkylation sites (N-methyl/N-ethyl adjacent to an activating group) is 1. The number of anilines is 1. The smallest absolute Gasteiger partial charge is 0.333 e. The van der Waals surface area contributed by atoms with Crippen LogP contribution < -0.4 is 5.32 Å². The van der Waals surface area contributed by atoms with E-state index in [4.69, 9.17) is 0 Å². The van der Waals surface area contributed by atoms with Crippen molar-refractivity contribution < 1.29 is 4.92 Å². The number of nitrogens with zero attached hydrogens (tertiary/aromatic N) is 4. The van der Waals surface area contributed by atoms with Crippen LogP contribution in [0.15, 0.2) is 0 Å². The summed E-state index contributed by atoms with van der Waals surface area (Å²) in [6, 6.07) is 0.252. The van der Waals surface area contributed by atoms with E-state index >= 15 is 0 Å². The Morgan fingerprint density at radius 1 is 1.58 bits per heavy atom. The average Bonchev–Trinajstić information content (AvgIpc) is 2.64. The van der Waals surface area contributed by atoms with E-state index in [0.29, 0.717) is 11.5 Å². The van der Waals surface area contributed by atoms with Crippen LogP contribution in [0.1, 0.15) is 25.5 Å². The number of likely N-dealkylation sites (tertiary alicyclic amines) is 1. The molecule has 1 N–H and O–H groups in total. The van der Waals surface area contributed by atoms with E-state index in [9.17, 15) is 10.1 Å². The van der Waals surface area contributed by atoms with Crippen molar-refractivity contribution in [3.63, 3.8) is 0 Å². The Kier molecular flexibility index (Phi) is 4.04. The zero-order valence-electron chi connectivity index (χ0n) is 11.7. The quantitative estimate of drug-likeness (QED) is 0.661. The summed E-state index contributed by atoms with van der Waals surface area (Å²) >= 11 is 0. The SMILES string of the molecule is CCN1CCCC(Nc2c([N+](=O)[O-])c(C)nn2C)C1. The topological polar surface area (TPSA) is 76.2 Å². The molecule has 0 saturated carbocycles. The number of piperidine rings is 1. The first-order chi connectivity index (χ1) is 9.02. The molecule has 7 heteroatoms. The summed E-state index contributed by atoms with van der Waals surface area (Å²) in [6.07, 6.45) is 2.16. The average molecular weight is 267 g/mol. The number of rotatable bonds is 4. The Labute approximate surface area is 112 Å². The molecule has 1 atom stereocenters. The molecule has 1 aliphatic heterocycles. The molecule has 2 heterocycles. The molecule has 0 amide bonds. The highest BCUT2D eigenvalue weighted by Crippen LogP contribution is 2.29. The van der Waals surface area contributed by atoms with Gasteiger partial charge in [-0.25, -0.2) is 4.68 Å². The van der Waals surface area contributed by atoms with Gasteiger partial charge in [-0.05, 0) is 32.9 Å². The maximum atomic E-state index is 11.1. The predicted molar refractivity (Wildman–Crippen MR) is 73.4 cm³/mol. The summed E-state index contributed by atoms with van der Waals surface area (Å²) in [5.74, 6) is 0.519. The standard InChI is InChI=1S/C12H21N5O2/c1-4-16-7-5-6-10(8-16)13-12-11(17(18)19)9(2)14-15(12)3/h10,13H,4-8H2,1-3H3. The molecule has 0 aromatic carbocycles. The normalized spacial score (nSPS) is 20.5. The van der Waals surface area contributed by atoms with Crippen LogP contribution in [0, 0.1) is 17.0 Å². The van der Waals surface area contributed by atoms with Crippen LogP contribution in [0.25, 0.3) is 0 Å². The van der Waals surface area contributed by atoms with E-state index in [0.717, 1.165) is 32.5 Å². The van der Waals surface area contributed by atoms with Gasteiger partial charge in [0.25, 0.3) is 0 Å². The molecule has 0 spiro atoms. The van der Waals surface area contributed by atoms with Crippen LogP contribution in [-0.2, 0) is 7.05 Å². The lowest BCUT2D eigenvalue weighted by atomic mass is 10.1. The minimum Gasteiger partial charge on any atom is -0.361 e. The second kappa shape index (κ2) is 5.56. The van der Waals surface area contributed by atoms with Crippen molar-refractivity contribution in [2.24, 2.45) is 7.05 Å². The lowest BCUT2D eigenvalue weighted by Crippen LogP contribution is -2.42. The fourth-order valence-electron chi connectivity index (χ4n) is 2.68. The first-order valence-corrected chi connectivity index (χ1v) is 6.69. The molecular formula is C12H21N5O2. The summed E-state index contributed by atoms with van der Waals surface area (Å²) in [4.78, 5) is 13.1. The van der Waals surface area contributed by atoms with E-state index in [1.54, 1.807) is 18.7 Å². The van der Waals surface area contributed by atoms with Crippen molar-refractivity contribution in [3.05, 3.63) is 15.8 Å². The molecule has 19 heavy (non-hydrogen) atoms. The third kappa shape index (κ3) is 2.86. The lowest BCUT2D eigenvalue weighted by molar-refractivity contribution is -0.384. The van der Waals surface area contributed by atoms with Crippen molar-refractivity contribution in [2.75, 3.05) is 25.0 Å². The van der Waals surface area contributed by atoms with Gasteiger partial charge in [0.2, 0.25) is 5.82 Å². The molecule has 0 aliphatic carbocycles. The number of aryl methyl sites for hydroxylation is 2. The first-order valence-electron chi connectivity index (χ1n) is 6.69. The summed E-state index contributed by atoms with van der Waals surface area (Å²) in [5.41, 5.74) is 0.550. The Morgan fingerprint density at radius 2 is 2.32 bits per heavy atom. The van der Waals surface area contributed by atoms with Gasteiger partial charge in [0.15, 0.2) is 0 Å². The zero-order valence-corrected chi connectivity index (χ0v) is 11.7. The largest absolute Gasteiger partial charge is 0.361 e. The molecule has 1 aliphatic rings. The van der Waals surface area contributed by atoms with Gasteiger partial charge in [0, 0.05) is 19.6 Å². The highest BCUT2D eigenvalue weighted by atomic mass is 16.6. The Morgan fingerprint density at radius 3 is 2.95 bits per heavy atom. The fraction of sp³-hybridized carbons (Fsp3) is 0.750. The van der Waals surface area contributed by atoms with Crippen LogP contribution in [0.5, 0.6) is 0 Å². The van der Waals surface area contributed by atoms with Gasteiger partial charge in [0.1, 0.15) is 5.69 Å². The third-order valence-electron chi connectivity index (χ3n) is 3.67. The highest BCUT2D eigenvalue weighted by molar-refractivity contribution is 5.59. The van der Waals surface area contributed by atoms with E-state index < -0.39 is 0 Å². The molecule has 106 valence electrons. The molecule has 1 unspecified atom stereocenters. The molecule has 1 fully saturated rings. The molecule has 0 radical (unpaired) electrons. The van der Waals surface area contributed by atoms with E-state index in [1.165, 1.54) is 0 Å². The summed E-state index contributed by atoms with van der Waals surface area (Å²) < 4.78 is 1.57. The van der Waals surface area contributed by atoms with Gasteiger partial charge in [0.05, 0.1) is 4.92 Å². The summed E-state index contributed by atoms with van der Waals surface area (Å²) in [5, 5.41) is 18.6. The van der Waals surface area contributed by atoms with Gasteiger partial charge in [-0.3, -0.25) is 10.1 Å². The monoisotopic (exact) mass is 267 g/mol. The molecule has 2 rings (SSSR count). The Hall–Kier alpha value is -1.63. The van der Waals surface area contributed by atoms with E-state index in [2.05, 4.69) is 22.2 Å².